The van der Waals surface area contributed by atoms with E-state index in [2.05, 4.69) is 33.0 Å². The highest BCUT2D eigenvalue weighted by molar-refractivity contribution is 5.84. The SMILES string of the molecule is C[C@H]1[C@@H]([C@H](C[C@H]2O[C@@H]3O[C@@]4(C)CC[C@H]5[C@H](C)CC[C@@H]([C@H]2C)[C@@]35OO4)OC(=O)Nc2ccc(F)cc2)O[C@@H]2O[C@@]3(C)CC[C@H]4[C@H](C)CC[C@@H]1[C@@]24OO3. The summed E-state index contributed by atoms with van der Waals surface area (Å²) >= 11 is 0. The van der Waals surface area contributed by atoms with Gasteiger partial charge in [-0.25, -0.2) is 28.7 Å². The fourth-order valence-electron chi connectivity index (χ4n) is 11.9. The van der Waals surface area contributed by atoms with Gasteiger partial charge in [0.25, 0.3) is 0 Å². The molecule has 0 radical (unpaired) electrons. The molecule has 1 N–H and O–H groups in total. The Morgan fingerprint density at radius 2 is 1.31 bits per heavy atom. The highest BCUT2D eigenvalue weighted by atomic mass is 19.1. The molecule has 8 heterocycles. The van der Waals surface area contributed by atoms with Gasteiger partial charge in [0.05, 0.1) is 6.10 Å². The van der Waals surface area contributed by atoms with E-state index < -0.39 is 53.7 Å². The summed E-state index contributed by atoms with van der Waals surface area (Å²) in [4.78, 5) is 38.7. The average Bonchev–Trinajstić information content (AvgIpc) is 3.47. The Kier molecular flexibility index (Phi) is 8.41. The summed E-state index contributed by atoms with van der Waals surface area (Å²) in [6.45, 7) is 12.8. The van der Waals surface area contributed by atoms with Crippen LogP contribution < -0.4 is 5.32 Å². The first-order valence-electron chi connectivity index (χ1n) is 19.5. The van der Waals surface area contributed by atoms with E-state index >= 15 is 0 Å². The Balaban J connectivity index is 1.04. The lowest BCUT2D eigenvalue weighted by atomic mass is 9.56. The molecule has 11 nitrogen and oxygen atoms in total. The molecular weight excluding hydrogens is 661 g/mol. The highest BCUT2D eigenvalue weighted by Gasteiger charge is 2.72. The zero-order valence-corrected chi connectivity index (χ0v) is 30.6. The monoisotopic (exact) mass is 715 g/mol. The third-order valence-corrected chi connectivity index (χ3v) is 14.7. The van der Waals surface area contributed by atoms with Gasteiger partial charge in [-0.1, -0.05) is 27.7 Å². The van der Waals surface area contributed by atoms with Crippen molar-refractivity contribution in [3.8, 4) is 0 Å². The Bertz CT molecular complexity index is 1500. The molecule has 17 atom stereocenters. The van der Waals surface area contributed by atoms with E-state index in [1.807, 2.05) is 13.8 Å². The Morgan fingerprint density at radius 3 is 1.90 bits per heavy atom. The molecule has 2 aliphatic carbocycles. The smallest absolute Gasteiger partial charge is 0.411 e. The summed E-state index contributed by atoms with van der Waals surface area (Å²) in [5.74, 6) is -0.743. The minimum absolute atomic E-state index is 0.0445. The maximum Gasteiger partial charge on any atom is 0.411 e. The van der Waals surface area contributed by atoms with E-state index in [0.717, 1.165) is 44.9 Å². The molecule has 1 amide bonds. The number of rotatable bonds is 5. The van der Waals surface area contributed by atoms with Crippen LogP contribution in [0.4, 0.5) is 14.9 Å². The van der Waals surface area contributed by atoms with Crippen LogP contribution in [0.15, 0.2) is 24.3 Å². The molecule has 51 heavy (non-hydrogen) atoms. The highest BCUT2D eigenvalue weighted by Crippen LogP contribution is 2.63. The first-order chi connectivity index (χ1) is 24.3. The van der Waals surface area contributed by atoms with Crippen molar-refractivity contribution in [2.24, 2.45) is 47.3 Å². The summed E-state index contributed by atoms with van der Waals surface area (Å²) in [6.07, 6.45) is 4.18. The third kappa shape index (κ3) is 5.36. The minimum atomic E-state index is -0.933. The van der Waals surface area contributed by atoms with Gasteiger partial charge in [-0.05, 0) is 112 Å². The molecule has 0 aromatic heterocycles. The maximum atomic E-state index is 13.7. The minimum Gasteiger partial charge on any atom is -0.443 e. The quantitative estimate of drug-likeness (QED) is 0.306. The number of hydrogen-bond acceptors (Lipinski definition) is 10. The van der Waals surface area contributed by atoms with Crippen LogP contribution >= 0.6 is 0 Å². The van der Waals surface area contributed by atoms with Gasteiger partial charge in [-0.3, -0.25) is 5.32 Å². The van der Waals surface area contributed by atoms with Crippen LogP contribution in [0.3, 0.4) is 0 Å². The molecule has 10 fully saturated rings. The zero-order valence-electron chi connectivity index (χ0n) is 30.6. The predicted molar refractivity (Wildman–Crippen MR) is 179 cm³/mol. The Labute approximate surface area is 299 Å². The first kappa shape index (κ1) is 34.8. The van der Waals surface area contributed by atoms with E-state index in [9.17, 15) is 9.18 Å². The molecule has 10 aliphatic rings. The van der Waals surface area contributed by atoms with Gasteiger partial charge in [0, 0.05) is 36.8 Å². The summed E-state index contributed by atoms with van der Waals surface area (Å²) < 4.78 is 47.5. The molecule has 2 saturated carbocycles. The van der Waals surface area contributed by atoms with Gasteiger partial charge in [-0.2, -0.15) is 0 Å². The maximum absolute atomic E-state index is 13.7. The lowest BCUT2D eigenvalue weighted by Crippen LogP contribution is -2.72. The number of hydrogen-bond donors (Lipinski definition) is 1. The normalized spacial score (nSPS) is 51.7. The van der Waals surface area contributed by atoms with E-state index in [0.29, 0.717) is 30.4 Å². The molecule has 12 heteroatoms. The standard InChI is InChI=1S/C39H54FNO10/c1-20-7-13-28-22(3)30(43-33-38(28)26(20)15-17-36(5,46-33)48-50-38)19-31(44-35(42)41-25-11-9-24(40)10-12-25)32-23(4)29-14-8-21(2)27-16-18-37(6)47-34(45-32)39(27,29)51-49-37/h9-12,20-23,26-34H,7-8,13-19H2,1-6H3,(H,41,42)/t20-,21-,22-,23-,26+,27+,28+,29+,30-,31+,32+,33-,34-,36-,37-,38-,39-/m1/s1. The first-order valence-corrected chi connectivity index (χ1v) is 19.5. The molecule has 8 aliphatic heterocycles. The van der Waals surface area contributed by atoms with Gasteiger partial charge in [0.1, 0.15) is 18.0 Å². The average molecular weight is 716 g/mol. The lowest BCUT2D eigenvalue weighted by Gasteiger charge is -2.62. The second-order valence-electron chi connectivity index (χ2n) is 17.6. The van der Waals surface area contributed by atoms with Crippen molar-refractivity contribution in [3.05, 3.63) is 30.1 Å². The van der Waals surface area contributed by atoms with Crippen molar-refractivity contribution in [1.82, 2.24) is 0 Å². The van der Waals surface area contributed by atoms with Crippen molar-refractivity contribution in [2.75, 3.05) is 5.32 Å². The van der Waals surface area contributed by atoms with Crippen LogP contribution in [0.2, 0.25) is 0 Å². The van der Waals surface area contributed by atoms with Crippen molar-refractivity contribution in [3.63, 3.8) is 0 Å². The number of halogens is 1. The molecule has 2 spiro atoms. The Morgan fingerprint density at radius 1 is 0.765 bits per heavy atom. The van der Waals surface area contributed by atoms with Gasteiger partial charge < -0.3 is 23.7 Å². The fourth-order valence-corrected chi connectivity index (χ4v) is 11.9. The van der Waals surface area contributed by atoms with Crippen LogP contribution in [-0.2, 0) is 43.2 Å². The van der Waals surface area contributed by atoms with Crippen molar-refractivity contribution in [2.45, 2.75) is 153 Å². The molecule has 4 bridgehead atoms. The largest absolute Gasteiger partial charge is 0.443 e. The lowest BCUT2D eigenvalue weighted by molar-refractivity contribution is -0.573. The number of amides is 1. The predicted octanol–water partition coefficient (Wildman–Crippen LogP) is 7.63. The zero-order chi connectivity index (χ0) is 35.5. The van der Waals surface area contributed by atoms with E-state index in [-0.39, 0.29) is 47.4 Å². The van der Waals surface area contributed by atoms with E-state index in [1.165, 1.54) is 24.3 Å². The van der Waals surface area contributed by atoms with Crippen molar-refractivity contribution in [1.29, 1.82) is 0 Å². The number of carbonyl (C=O) groups is 1. The number of fused-ring (bicyclic) bond motifs is 4. The van der Waals surface area contributed by atoms with E-state index in [4.69, 9.17) is 43.2 Å². The summed E-state index contributed by atoms with van der Waals surface area (Å²) in [6, 6.07) is 5.64. The topological polar surface area (TPSA) is 112 Å². The summed E-state index contributed by atoms with van der Waals surface area (Å²) in [7, 11) is 0. The van der Waals surface area contributed by atoms with Gasteiger partial charge in [0.2, 0.25) is 11.6 Å². The number of nitrogens with one attached hydrogen (secondary N) is 1. The number of carbonyl (C=O) groups excluding carboxylic acids is 1. The second-order valence-corrected chi connectivity index (χ2v) is 17.6. The van der Waals surface area contributed by atoms with Crippen LogP contribution in [0.1, 0.15) is 99.3 Å². The number of ether oxygens (including phenoxy) is 5. The van der Waals surface area contributed by atoms with Gasteiger partial charge in [-0.15, -0.1) is 0 Å². The Hall–Kier alpha value is -1.90. The summed E-state index contributed by atoms with van der Waals surface area (Å²) in [5, 5.41) is 2.81. The third-order valence-electron chi connectivity index (χ3n) is 14.7. The molecular formula is C39H54FNO10. The van der Waals surface area contributed by atoms with Crippen molar-refractivity contribution < 1.29 is 52.4 Å². The molecule has 8 saturated heterocycles. The van der Waals surface area contributed by atoms with Crippen molar-refractivity contribution >= 4 is 11.8 Å². The van der Waals surface area contributed by atoms with E-state index in [1.54, 1.807) is 0 Å². The van der Waals surface area contributed by atoms with Crippen LogP contribution in [0.5, 0.6) is 0 Å². The van der Waals surface area contributed by atoms with Gasteiger partial charge in [0.15, 0.2) is 23.8 Å². The van der Waals surface area contributed by atoms with Crippen LogP contribution in [0.25, 0.3) is 0 Å². The number of anilines is 1. The second kappa shape index (κ2) is 12.3. The number of benzene rings is 1. The van der Waals surface area contributed by atoms with Crippen LogP contribution in [0, 0.1) is 53.2 Å². The van der Waals surface area contributed by atoms with Gasteiger partial charge >= 0.3 is 6.09 Å². The molecule has 282 valence electrons. The van der Waals surface area contributed by atoms with Crippen LogP contribution in [-0.4, -0.2) is 59.8 Å². The summed E-state index contributed by atoms with van der Waals surface area (Å²) in [5.41, 5.74) is -1.02. The molecule has 1 aromatic rings. The molecule has 1 aromatic carbocycles. The fraction of sp³-hybridized carbons (Fsp3) is 0.821. The molecule has 0 unspecified atom stereocenters. The molecule has 11 rings (SSSR count).